The van der Waals surface area contributed by atoms with E-state index >= 15 is 0 Å². The molecule has 1 aliphatic heterocycles. The van der Waals surface area contributed by atoms with Crippen molar-refractivity contribution < 1.29 is 19.1 Å². The fourth-order valence-electron chi connectivity index (χ4n) is 5.08. The third-order valence-electron chi connectivity index (χ3n) is 6.98. The minimum atomic E-state index is -1.00. The van der Waals surface area contributed by atoms with Crippen molar-refractivity contribution in [3.8, 4) is 0 Å². The average Bonchev–Trinajstić information content (AvgIpc) is 3.14. The standard InChI is InChI=1S/C30H39ClN4O4/c1-20(2)19-30(23-10-6-5-7-11-23)27(37)35(28(32)34-30)16-8-9-21(3)17-26(36)25(33-29(38)39-4)18-22-12-14-24(31)15-13-22/h5-7,10-15,20-21,25H,8-9,16-19H2,1-4H3,(H2,32,34)(H,33,38)/t21-,25-,30+/m0/s1. The first-order valence-electron chi connectivity index (χ1n) is 13.4. The van der Waals surface area contributed by atoms with Crippen LogP contribution in [0, 0.1) is 11.8 Å². The van der Waals surface area contributed by atoms with Gasteiger partial charge in [-0.3, -0.25) is 14.5 Å². The van der Waals surface area contributed by atoms with Gasteiger partial charge in [-0.2, -0.15) is 0 Å². The minimum absolute atomic E-state index is 0.0371. The van der Waals surface area contributed by atoms with Gasteiger partial charge in [-0.1, -0.05) is 74.8 Å². The van der Waals surface area contributed by atoms with Gasteiger partial charge in [0.15, 0.2) is 17.3 Å². The van der Waals surface area contributed by atoms with Gasteiger partial charge in [-0.15, -0.1) is 0 Å². The average molecular weight is 555 g/mol. The molecule has 2 aromatic rings. The second kappa shape index (κ2) is 13.6. The molecule has 3 atom stereocenters. The Balaban J connectivity index is 1.60. The maximum absolute atomic E-state index is 13.7. The number of ketones is 1. The van der Waals surface area contributed by atoms with Crippen molar-refractivity contribution in [1.82, 2.24) is 10.2 Å². The molecule has 1 aliphatic rings. The van der Waals surface area contributed by atoms with Crippen molar-refractivity contribution in [2.24, 2.45) is 22.6 Å². The van der Waals surface area contributed by atoms with Crippen LogP contribution in [0.3, 0.4) is 0 Å². The summed E-state index contributed by atoms with van der Waals surface area (Å²) in [7, 11) is 1.27. The number of hydrogen-bond donors (Lipinski definition) is 2. The molecule has 0 saturated carbocycles. The van der Waals surface area contributed by atoms with Crippen molar-refractivity contribution in [2.45, 2.75) is 64.5 Å². The van der Waals surface area contributed by atoms with Crippen LogP contribution in [0.2, 0.25) is 5.02 Å². The summed E-state index contributed by atoms with van der Waals surface area (Å²) in [4.78, 5) is 45.0. The molecule has 0 bridgehead atoms. The van der Waals surface area contributed by atoms with E-state index in [0.717, 1.165) is 11.1 Å². The maximum atomic E-state index is 13.7. The number of hydrogen-bond acceptors (Lipinski definition) is 6. The number of guanidine groups is 1. The summed E-state index contributed by atoms with van der Waals surface area (Å²) < 4.78 is 4.72. The summed E-state index contributed by atoms with van der Waals surface area (Å²) in [6.45, 7) is 6.56. The van der Waals surface area contributed by atoms with Gasteiger partial charge in [0, 0.05) is 18.0 Å². The van der Waals surface area contributed by atoms with E-state index in [4.69, 9.17) is 27.1 Å². The number of carbonyl (C=O) groups is 3. The molecule has 1 heterocycles. The molecule has 3 rings (SSSR count). The maximum Gasteiger partial charge on any atom is 0.407 e. The lowest BCUT2D eigenvalue weighted by molar-refractivity contribution is -0.132. The van der Waals surface area contributed by atoms with Crippen molar-refractivity contribution in [1.29, 1.82) is 0 Å². The Bertz CT molecular complexity index is 1170. The number of methoxy groups -OCH3 is 1. The van der Waals surface area contributed by atoms with E-state index in [1.54, 1.807) is 17.0 Å². The molecule has 0 saturated heterocycles. The van der Waals surface area contributed by atoms with Crippen molar-refractivity contribution in [2.75, 3.05) is 13.7 Å². The number of benzene rings is 2. The Morgan fingerprint density at radius 1 is 1.10 bits per heavy atom. The van der Waals surface area contributed by atoms with Crippen LogP contribution >= 0.6 is 11.6 Å². The fraction of sp³-hybridized carbons (Fsp3) is 0.467. The highest BCUT2D eigenvalue weighted by Crippen LogP contribution is 2.38. The highest BCUT2D eigenvalue weighted by molar-refractivity contribution is 6.30. The van der Waals surface area contributed by atoms with Crippen LogP contribution in [0.4, 0.5) is 4.79 Å². The number of halogens is 1. The SMILES string of the molecule is COC(=O)N[C@@H](Cc1ccc(Cl)cc1)C(=O)C[C@@H](C)CCCN1C(=O)[C@@](CC(C)C)(c2ccccc2)N=C1N. The third kappa shape index (κ3) is 7.82. The first-order chi connectivity index (χ1) is 18.6. The molecule has 2 aromatic carbocycles. The first kappa shape index (κ1) is 30.2. The Labute approximate surface area is 235 Å². The summed E-state index contributed by atoms with van der Waals surface area (Å²) in [6, 6.07) is 16.0. The van der Waals surface area contributed by atoms with E-state index in [2.05, 4.69) is 19.2 Å². The second-order valence-corrected chi connectivity index (χ2v) is 11.1. The van der Waals surface area contributed by atoms with Crippen LogP contribution in [-0.4, -0.2) is 48.3 Å². The van der Waals surface area contributed by atoms with Crippen LogP contribution in [0.5, 0.6) is 0 Å². The zero-order chi connectivity index (χ0) is 28.6. The molecule has 0 unspecified atom stereocenters. The van der Waals surface area contributed by atoms with Crippen LogP contribution < -0.4 is 11.1 Å². The number of nitrogens with two attached hydrogens (primary N) is 1. The molecule has 9 heteroatoms. The van der Waals surface area contributed by atoms with Gasteiger partial charge >= 0.3 is 6.09 Å². The molecule has 0 spiro atoms. The lowest BCUT2D eigenvalue weighted by Gasteiger charge is -2.28. The van der Waals surface area contributed by atoms with E-state index in [-0.39, 0.29) is 35.9 Å². The molecule has 2 amide bonds. The van der Waals surface area contributed by atoms with Gasteiger partial charge in [-0.25, -0.2) is 9.79 Å². The Hall–Kier alpha value is -3.39. The van der Waals surface area contributed by atoms with Gasteiger partial charge in [0.05, 0.1) is 13.2 Å². The molecular formula is C30H39ClN4O4. The number of amides is 2. The molecule has 3 N–H and O–H groups in total. The van der Waals surface area contributed by atoms with Gasteiger partial charge in [0.2, 0.25) is 0 Å². The van der Waals surface area contributed by atoms with E-state index in [9.17, 15) is 14.4 Å². The van der Waals surface area contributed by atoms with Crippen molar-refractivity contribution in [3.63, 3.8) is 0 Å². The summed E-state index contributed by atoms with van der Waals surface area (Å²) in [5.74, 6) is 0.333. The van der Waals surface area contributed by atoms with Gasteiger partial charge in [-0.05, 0) is 60.8 Å². The smallest absolute Gasteiger partial charge is 0.407 e. The molecule has 0 fully saturated rings. The molecule has 0 aliphatic carbocycles. The van der Waals surface area contributed by atoms with Crippen molar-refractivity contribution in [3.05, 3.63) is 70.7 Å². The third-order valence-corrected chi connectivity index (χ3v) is 7.24. The highest BCUT2D eigenvalue weighted by atomic mass is 35.5. The fourth-order valence-corrected chi connectivity index (χ4v) is 5.21. The zero-order valence-corrected chi connectivity index (χ0v) is 23.9. The van der Waals surface area contributed by atoms with Crippen LogP contribution in [0.1, 0.15) is 57.6 Å². The Kier molecular flexibility index (Phi) is 10.5. The van der Waals surface area contributed by atoms with E-state index < -0.39 is 17.7 Å². The first-order valence-corrected chi connectivity index (χ1v) is 13.8. The van der Waals surface area contributed by atoms with E-state index in [1.807, 2.05) is 49.4 Å². The van der Waals surface area contributed by atoms with Gasteiger partial charge < -0.3 is 15.8 Å². The van der Waals surface area contributed by atoms with Gasteiger partial charge in [0.25, 0.3) is 5.91 Å². The monoisotopic (exact) mass is 554 g/mol. The molecular weight excluding hydrogens is 516 g/mol. The summed E-state index contributed by atoms with van der Waals surface area (Å²) in [6.07, 6.45) is 1.90. The normalized spacial score (nSPS) is 18.6. The Morgan fingerprint density at radius 3 is 2.38 bits per heavy atom. The van der Waals surface area contributed by atoms with Crippen LogP contribution in [0.15, 0.2) is 59.6 Å². The number of nitrogens with one attached hydrogen (secondary N) is 1. The topological polar surface area (TPSA) is 114 Å². The molecule has 8 nitrogen and oxygen atoms in total. The number of nitrogens with zero attached hydrogens (tertiary/aromatic N) is 2. The van der Waals surface area contributed by atoms with Crippen LogP contribution in [-0.2, 0) is 26.3 Å². The summed E-state index contributed by atoms with van der Waals surface area (Å²) in [5.41, 5.74) is 7.00. The quantitative estimate of drug-likeness (QED) is 0.358. The van der Waals surface area contributed by atoms with Crippen molar-refractivity contribution >= 4 is 35.3 Å². The lowest BCUT2D eigenvalue weighted by atomic mass is 9.82. The lowest BCUT2D eigenvalue weighted by Crippen LogP contribution is -2.44. The second-order valence-electron chi connectivity index (χ2n) is 10.7. The highest BCUT2D eigenvalue weighted by Gasteiger charge is 2.49. The van der Waals surface area contributed by atoms with E-state index in [0.29, 0.717) is 37.3 Å². The molecule has 210 valence electrons. The predicted molar refractivity (Wildman–Crippen MR) is 153 cm³/mol. The minimum Gasteiger partial charge on any atom is -0.453 e. The number of carbonyl (C=O) groups excluding carboxylic acids is 3. The predicted octanol–water partition coefficient (Wildman–Crippen LogP) is 5.08. The number of Topliss-reactive ketones (excluding diaryl/α,β-unsaturated/α-hetero) is 1. The number of alkyl carbamates (subject to hydrolysis) is 1. The summed E-state index contributed by atoms with van der Waals surface area (Å²) >= 11 is 5.97. The molecule has 39 heavy (non-hydrogen) atoms. The number of rotatable bonds is 13. The number of aliphatic imine (C=N–C) groups is 1. The Morgan fingerprint density at radius 2 is 1.77 bits per heavy atom. The van der Waals surface area contributed by atoms with Crippen LogP contribution in [0.25, 0.3) is 0 Å². The zero-order valence-electron chi connectivity index (χ0n) is 23.2. The van der Waals surface area contributed by atoms with Gasteiger partial charge in [0.1, 0.15) is 0 Å². The number of ether oxygens (including phenoxy) is 1. The largest absolute Gasteiger partial charge is 0.453 e. The molecule has 0 aromatic heterocycles. The molecule has 0 radical (unpaired) electrons. The van der Waals surface area contributed by atoms with E-state index in [1.165, 1.54) is 7.11 Å². The summed E-state index contributed by atoms with van der Waals surface area (Å²) in [5, 5.41) is 3.26.